The molecule has 0 radical (unpaired) electrons. The zero-order chi connectivity index (χ0) is 20.1. The van der Waals surface area contributed by atoms with Gasteiger partial charge in [-0.3, -0.25) is 14.6 Å². The second kappa shape index (κ2) is 9.11. The SMILES string of the molecule is NC(=O)Cn1cc(CN2CCN(CCOc3ccccc3)CC2)c2ccccc21. The van der Waals surface area contributed by atoms with Gasteiger partial charge in [-0.05, 0) is 23.8 Å². The highest BCUT2D eigenvalue weighted by Gasteiger charge is 2.19. The van der Waals surface area contributed by atoms with Gasteiger partial charge in [-0.2, -0.15) is 0 Å². The van der Waals surface area contributed by atoms with Crippen molar-refractivity contribution >= 4 is 16.8 Å². The standard InChI is InChI=1S/C23H28N4O2/c24-23(28)18-27-17-19(21-8-4-5-9-22(21)27)16-26-12-10-25(11-13-26)14-15-29-20-6-2-1-3-7-20/h1-9,17H,10-16,18H2,(H2,24,28). The number of benzene rings is 2. The number of piperazine rings is 1. The van der Waals surface area contributed by atoms with Crippen LogP contribution in [0.5, 0.6) is 5.75 Å². The second-order valence-corrected chi connectivity index (χ2v) is 7.55. The van der Waals surface area contributed by atoms with E-state index in [4.69, 9.17) is 10.5 Å². The molecule has 1 saturated heterocycles. The number of nitrogens with zero attached hydrogens (tertiary/aromatic N) is 3. The maximum Gasteiger partial charge on any atom is 0.237 e. The van der Waals surface area contributed by atoms with Gasteiger partial charge in [0.25, 0.3) is 0 Å². The summed E-state index contributed by atoms with van der Waals surface area (Å²) in [7, 11) is 0. The van der Waals surface area contributed by atoms with Gasteiger partial charge >= 0.3 is 0 Å². The fourth-order valence-electron chi connectivity index (χ4n) is 3.97. The Bertz CT molecular complexity index is 946. The van der Waals surface area contributed by atoms with Crippen LogP contribution in [0.15, 0.2) is 60.8 Å². The Labute approximate surface area is 171 Å². The number of aromatic nitrogens is 1. The lowest BCUT2D eigenvalue weighted by molar-refractivity contribution is -0.118. The van der Waals surface area contributed by atoms with Crippen LogP contribution in [0.2, 0.25) is 0 Å². The Hall–Kier alpha value is -2.83. The maximum absolute atomic E-state index is 11.4. The average Bonchev–Trinajstić information content (AvgIpc) is 3.07. The first kappa shape index (κ1) is 19.5. The Morgan fingerprint density at radius 1 is 0.931 bits per heavy atom. The fraction of sp³-hybridized carbons (Fsp3) is 0.348. The van der Waals surface area contributed by atoms with Crippen molar-refractivity contribution in [1.82, 2.24) is 14.4 Å². The number of fused-ring (bicyclic) bond motifs is 1. The highest BCUT2D eigenvalue weighted by Crippen LogP contribution is 2.23. The van der Waals surface area contributed by atoms with Crippen molar-refractivity contribution in [3.63, 3.8) is 0 Å². The van der Waals surface area contributed by atoms with E-state index in [0.717, 1.165) is 50.5 Å². The van der Waals surface area contributed by atoms with Gasteiger partial charge in [0.05, 0.1) is 0 Å². The van der Waals surface area contributed by atoms with E-state index >= 15 is 0 Å². The molecule has 0 aliphatic carbocycles. The van der Waals surface area contributed by atoms with Crippen molar-refractivity contribution in [3.8, 4) is 5.75 Å². The molecule has 152 valence electrons. The zero-order valence-corrected chi connectivity index (χ0v) is 16.7. The van der Waals surface area contributed by atoms with E-state index in [0.29, 0.717) is 6.61 Å². The molecular formula is C23H28N4O2. The molecule has 0 saturated carbocycles. The minimum Gasteiger partial charge on any atom is -0.492 e. The number of hydrogen-bond acceptors (Lipinski definition) is 4. The normalized spacial score (nSPS) is 15.6. The van der Waals surface area contributed by atoms with E-state index in [9.17, 15) is 4.79 Å². The molecule has 1 fully saturated rings. The molecule has 3 aromatic rings. The Balaban J connectivity index is 1.30. The number of ether oxygens (including phenoxy) is 1. The van der Waals surface area contributed by atoms with E-state index in [2.05, 4.69) is 22.1 Å². The van der Waals surface area contributed by atoms with Gasteiger partial charge in [0, 0.05) is 56.4 Å². The van der Waals surface area contributed by atoms with Crippen LogP contribution in [0, 0.1) is 0 Å². The highest BCUT2D eigenvalue weighted by atomic mass is 16.5. The predicted octanol–water partition coefficient (Wildman–Crippen LogP) is 2.32. The van der Waals surface area contributed by atoms with Gasteiger partial charge < -0.3 is 15.0 Å². The minimum atomic E-state index is -0.316. The average molecular weight is 393 g/mol. The topological polar surface area (TPSA) is 63.7 Å². The van der Waals surface area contributed by atoms with Crippen molar-refractivity contribution in [2.45, 2.75) is 13.1 Å². The van der Waals surface area contributed by atoms with Crippen LogP contribution in [-0.2, 0) is 17.9 Å². The predicted molar refractivity (Wildman–Crippen MR) is 115 cm³/mol. The summed E-state index contributed by atoms with van der Waals surface area (Å²) in [6, 6.07) is 18.2. The molecule has 0 bridgehead atoms. The minimum absolute atomic E-state index is 0.218. The summed E-state index contributed by atoms with van der Waals surface area (Å²) < 4.78 is 7.78. The molecule has 2 N–H and O–H groups in total. The molecule has 6 nitrogen and oxygen atoms in total. The number of nitrogens with two attached hydrogens (primary N) is 1. The van der Waals surface area contributed by atoms with Crippen LogP contribution in [0.4, 0.5) is 0 Å². The zero-order valence-electron chi connectivity index (χ0n) is 16.7. The number of carbonyl (C=O) groups excluding carboxylic acids is 1. The van der Waals surface area contributed by atoms with Crippen LogP contribution >= 0.6 is 0 Å². The number of para-hydroxylation sites is 2. The second-order valence-electron chi connectivity index (χ2n) is 7.55. The molecule has 1 aromatic heterocycles. The van der Waals surface area contributed by atoms with Crippen molar-refractivity contribution in [2.75, 3.05) is 39.3 Å². The molecule has 1 aliphatic heterocycles. The molecule has 1 amide bonds. The third kappa shape index (κ3) is 4.96. The monoisotopic (exact) mass is 392 g/mol. The first-order chi connectivity index (χ1) is 14.2. The van der Waals surface area contributed by atoms with Crippen molar-refractivity contribution < 1.29 is 9.53 Å². The first-order valence-corrected chi connectivity index (χ1v) is 10.2. The molecular weight excluding hydrogens is 364 g/mol. The summed E-state index contributed by atoms with van der Waals surface area (Å²) in [6.07, 6.45) is 2.08. The lowest BCUT2D eigenvalue weighted by Gasteiger charge is -2.34. The number of rotatable bonds is 8. The van der Waals surface area contributed by atoms with Crippen molar-refractivity contribution in [3.05, 3.63) is 66.4 Å². The molecule has 2 aromatic carbocycles. The Morgan fingerprint density at radius 3 is 2.38 bits per heavy atom. The molecule has 0 atom stereocenters. The van der Waals surface area contributed by atoms with Gasteiger partial charge in [0.1, 0.15) is 18.9 Å². The smallest absolute Gasteiger partial charge is 0.237 e. The summed E-state index contributed by atoms with van der Waals surface area (Å²) in [4.78, 5) is 16.3. The number of carbonyl (C=O) groups is 1. The lowest BCUT2D eigenvalue weighted by Crippen LogP contribution is -2.47. The summed E-state index contributed by atoms with van der Waals surface area (Å²) in [5.74, 6) is 0.613. The highest BCUT2D eigenvalue weighted by molar-refractivity contribution is 5.85. The van der Waals surface area contributed by atoms with E-state index in [-0.39, 0.29) is 12.5 Å². The van der Waals surface area contributed by atoms with Gasteiger partial charge in [0.2, 0.25) is 5.91 Å². The third-order valence-corrected chi connectivity index (χ3v) is 5.48. The van der Waals surface area contributed by atoms with Crippen molar-refractivity contribution in [1.29, 1.82) is 0 Å². The van der Waals surface area contributed by atoms with Gasteiger partial charge in [-0.1, -0.05) is 36.4 Å². The van der Waals surface area contributed by atoms with Crippen LogP contribution in [0.1, 0.15) is 5.56 Å². The van der Waals surface area contributed by atoms with Gasteiger partial charge in [0.15, 0.2) is 0 Å². The van der Waals surface area contributed by atoms with E-state index < -0.39 is 0 Å². The van der Waals surface area contributed by atoms with Crippen LogP contribution in [-0.4, -0.2) is 59.6 Å². The van der Waals surface area contributed by atoms with Crippen molar-refractivity contribution in [2.24, 2.45) is 5.73 Å². The number of hydrogen-bond donors (Lipinski definition) is 1. The largest absolute Gasteiger partial charge is 0.492 e. The Morgan fingerprint density at radius 2 is 1.62 bits per heavy atom. The number of primary amides is 1. The molecule has 0 spiro atoms. The van der Waals surface area contributed by atoms with Crippen LogP contribution in [0.3, 0.4) is 0 Å². The van der Waals surface area contributed by atoms with E-state index in [1.165, 1.54) is 10.9 Å². The van der Waals surface area contributed by atoms with Crippen LogP contribution < -0.4 is 10.5 Å². The van der Waals surface area contributed by atoms with Crippen LogP contribution in [0.25, 0.3) is 10.9 Å². The molecule has 29 heavy (non-hydrogen) atoms. The number of amides is 1. The van der Waals surface area contributed by atoms with E-state index in [1.54, 1.807) is 0 Å². The molecule has 6 heteroatoms. The quantitative estimate of drug-likeness (QED) is 0.639. The molecule has 0 unspecified atom stereocenters. The third-order valence-electron chi connectivity index (χ3n) is 5.48. The van der Waals surface area contributed by atoms with Gasteiger partial charge in [-0.15, -0.1) is 0 Å². The van der Waals surface area contributed by atoms with Gasteiger partial charge in [-0.25, -0.2) is 0 Å². The summed E-state index contributed by atoms with van der Waals surface area (Å²) in [5, 5.41) is 1.20. The molecule has 4 rings (SSSR count). The lowest BCUT2D eigenvalue weighted by atomic mass is 10.1. The maximum atomic E-state index is 11.4. The summed E-state index contributed by atoms with van der Waals surface area (Å²) in [5.41, 5.74) is 7.74. The van der Waals surface area contributed by atoms with E-state index in [1.807, 2.05) is 53.1 Å². The molecule has 1 aliphatic rings. The first-order valence-electron chi connectivity index (χ1n) is 10.2. The Kier molecular flexibility index (Phi) is 6.12. The summed E-state index contributed by atoms with van der Waals surface area (Å²) >= 11 is 0. The molecule has 2 heterocycles. The fourth-order valence-corrected chi connectivity index (χ4v) is 3.97. The summed E-state index contributed by atoms with van der Waals surface area (Å²) in [6.45, 7) is 6.90.